The number of rotatable bonds is 5. The molecule has 1 saturated carbocycles. The number of carbonyl (C=O) groups excluding carboxylic acids is 1. The molecule has 0 saturated heterocycles. The number of hydrogen-bond acceptors (Lipinski definition) is 3. The molecule has 1 aliphatic carbocycles. The number of benzene rings is 1. The van der Waals surface area contributed by atoms with Gasteiger partial charge in [-0.1, -0.05) is 11.6 Å². The number of amides is 1. The van der Waals surface area contributed by atoms with Gasteiger partial charge in [0.1, 0.15) is 11.6 Å². The topological polar surface area (TPSA) is 64.3 Å². The van der Waals surface area contributed by atoms with Gasteiger partial charge >= 0.3 is 0 Å². The van der Waals surface area contributed by atoms with E-state index in [9.17, 15) is 9.18 Å². The maximum absolute atomic E-state index is 13.2. The highest BCUT2D eigenvalue weighted by molar-refractivity contribution is 6.30. The number of nitrogens with one attached hydrogen (secondary N) is 1. The minimum absolute atomic E-state index is 0.0310. The van der Waals surface area contributed by atoms with Gasteiger partial charge in [0.15, 0.2) is 6.61 Å². The Balaban J connectivity index is 1.73. The molecule has 1 aromatic carbocycles. The third-order valence-corrected chi connectivity index (χ3v) is 4.11. The van der Waals surface area contributed by atoms with E-state index in [1.165, 1.54) is 18.2 Å². The zero-order valence-electron chi connectivity index (χ0n) is 11.8. The summed E-state index contributed by atoms with van der Waals surface area (Å²) in [6, 6.07) is 4.29. The largest absolute Gasteiger partial charge is 0.484 e. The maximum Gasteiger partial charge on any atom is 0.258 e. The van der Waals surface area contributed by atoms with Gasteiger partial charge in [0.25, 0.3) is 5.91 Å². The Bertz CT molecular complexity index is 491. The van der Waals surface area contributed by atoms with Crippen molar-refractivity contribution in [1.82, 2.24) is 5.32 Å². The summed E-state index contributed by atoms with van der Waals surface area (Å²) < 4.78 is 18.5. The quantitative estimate of drug-likeness (QED) is 0.877. The monoisotopic (exact) mass is 314 g/mol. The average molecular weight is 315 g/mol. The van der Waals surface area contributed by atoms with Crippen LogP contribution >= 0.6 is 11.6 Å². The van der Waals surface area contributed by atoms with Gasteiger partial charge < -0.3 is 15.8 Å². The van der Waals surface area contributed by atoms with Crippen molar-refractivity contribution in [3.8, 4) is 5.75 Å². The van der Waals surface area contributed by atoms with Crippen LogP contribution in [0.4, 0.5) is 4.39 Å². The lowest BCUT2D eigenvalue weighted by Gasteiger charge is -2.28. The van der Waals surface area contributed by atoms with Gasteiger partial charge in [-0.05, 0) is 50.3 Å². The van der Waals surface area contributed by atoms with E-state index in [0.29, 0.717) is 18.2 Å². The molecule has 0 bridgehead atoms. The van der Waals surface area contributed by atoms with E-state index < -0.39 is 5.82 Å². The highest BCUT2D eigenvalue weighted by atomic mass is 35.5. The molecule has 2 rings (SSSR count). The van der Waals surface area contributed by atoms with Crippen molar-refractivity contribution in [1.29, 1.82) is 0 Å². The van der Waals surface area contributed by atoms with Crippen LogP contribution in [0.1, 0.15) is 25.7 Å². The first-order valence-corrected chi connectivity index (χ1v) is 7.53. The molecule has 0 radical (unpaired) electrons. The molecule has 1 amide bonds. The second-order valence-electron chi connectivity index (χ2n) is 5.39. The lowest BCUT2D eigenvalue weighted by Crippen LogP contribution is -2.40. The van der Waals surface area contributed by atoms with Crippen LogP contribution < -0.4 is 15.8 Å². The molecule has 0 unspecified atom stereocenters. The van der Waals surface area contributed by atoms with Crippen molar-refractivity contribution < 1.29 is 13.9 Å². The Morgan fingerprint density at radius 3 is 2.71 bits per heavy atom. The third kappa shape index (κ3) is 4.86. The number of hydrogen-bond donors (Lipinski definition) is 2. The highest BCUT2D eigenvalue weighted by Gasteiger charge is 2.21. The van der Waals surface area contributed by atoms with E-state index in [-0.39, 0.29) is 23.6 Å². The predicted molar refractivity (Wildman–Crippen MR) is 79.8 cm³/mol. The summed E-state index contributed by atoms with van der Waals surface area (Å²) in [7, 11) is 0. The molecule has 0 atom stereocenters. The van der Waals surface area contributed by atoms with E-state index >= 15 is 0 Å². The molecule has 1 fully saturated rings. The van der Waals surface area contributed by atoms with E-state index in [2.05, 4.69) is 5.32 Å². The van der Waals surface area contributed by atoms with Crippen molar-refractivity contribution >= 4 is 17.5 Å². The van der Waals surface area contributed by atoms with Crippen LogP contribution in [0.5, 0.6) is 5.75 Å². The summed E-state index contributed by atoms with van der Waals surface area (Å²) in [5.74, 6) is 0.113. The zero-order valence-corrected chi connectivity index (χ0v) is 12.5. The van der Waals surface area contributed by atoms with Gasteiger partial charge in [0.2, 0.25) is 0 Å². The highest BCUT2D eigenvalue weighted by Crippen LogP contribution is 2.23. The second-order valence-corrected chi connectivity index (χ2v) is 5.79. The molecule has 4 nitrogen and oxygen atoms in total. The fourth-order valence-electron chi connectivity index (χ4n) is 2.53. The standard InChI is InChI=1S/C15H20ClFN2O2/c16-13-6-5-12(7-14(13)17)21-9-15(20)19-11-3-1-10(8-18)2-4-11/h5-7,10-11H,1-4,8-9,18H2,(H,19,20). The smallest absolute Gasteiger partial charge is 0.258 e. The first-order chi connectivity index (χ1) is 10.1. The van der Waals surface area contributed by atoms with Gasteiger partial charge in [0.05, 0.1) is 5.02 Å². The normalized spacial score (nSPS) is 21.9. The van der Waals surface area contributed by atoms with Crippen molar-refractivity contribution in [3.05, 3.63) is 29.0 Å². The van der Waals surface area contributed by atoms with Crippen LogP contribution in [0.25, 0.3) is 0 Å². The van der Waals surface area contributed by atoms with Crippen LogP contribution in [0.3, 0.4) is 0 Å². The van der Waals surface area contributed by atoms with Gasteiger partial charge in [-0.15, -0.1) is 0 Å². The summed E-state index contributed by atoms with van der Waals surface area (Å²) in [4.78, 5) is 11.8. The Labute approximate surface area is 128 Å². The summed E-state index contributed by atoms with van der Waals surface area (Å²) >= 11 is 5.58. The van der Waals surface area contributed by atoms with Crippen molar-refractivity contribution in [3.63, 3.8) is 0 Å². The molecule has 21 heavy (non-hydrogen) atoms. The Kier molecular flexibility index (Phi) is 5.82. The lowest BCUT2D eigenvalue weighted by atomic mass is 9.86. The Morgan fingerprint density at radius 1 is 1.38 bits per heavy atom. The van der Waals surface area contributed by atoms with Gasteiger partial charge in [-0.2, -0.15) is 0 Å². The predicted octanol–water partition coefficient (Wildman–Crippen LogP) is 2.49. The van der Waals surface area contributed by atoms with Crippen molar-refractivity contribution in [2.45, 2.75) is 31.7 Å². The van der Waals surface area contributed by atoms with Crippen molar-refractivity contribution in [2.24, 2.45) is 11.7 Å². The number of halogens is 2. The molecular formula is C15H20ClFN2O2. The molecule has 1 aliphatic rings. The number of nitrogens with two attached hydrogens (primary N) is 1. The first-order valence-electron chi connectivity index (χ1n) is 7.15. The Hall–Kier alpha value is -1.33. The molecule has 6 heteroatoms. The summed E-state index contributed by atoms with van der Waals surface area (Å²) in [5, 5.41) is 2.97. The SMILES string of the molecule is NCC1CCC(NC(=O)COc2ccc(Cl)c(F)c2)CC1. The van der Waals surface area contributed by atoms with E-state index in [1.54, 1.807) is 0 Å². The van der Waals surface area contributed by atoms with Crippen LogP contribution in [0.2, 0.25) is 5.02 Å². The summed E-state index contributed by atoms with van der Waals surface area (Å²) in [6.07, 6.45) is 3.99. The van der Waals surface area contributed by atoms with Crippen LogP contribution in [-0.4, -0.2) is 25.1 Å². The Morgan fingerprint density at radius 2 is 2.10 bits per heavy atom. The van der Waals surface area contributed by atoms with Gasteiger partial charge in [-0.3, -0.25) is 4.79 Å². The molecule has 0 heterocycles. The van der Waals surface area contributed by atoms with E-state index in [0.717, 1.165) is 25.7 Å². The van der Waals surface area contributed by atoms with Crippen LogP contribution in [0.15, 0.2) is 18.2 Å². The molecule has 3 N–H and O–H groups in total. The van der Waals surface area contributed by atoms with Crippen molar-refractivity contribution in [2.75, 3.05) is 13.2 Å². The second kappa shape index (κ2) is 7.61. The summed E-state index contributed by atoms with van der Waals surface area (Å²) in [5.41, 5.74) is 5.64. The lowest BCUT2D eigenvalue weighted by molar-refractivity contribution is -0.124. The third-order valence-electron chi connectivity index (χ3n) is 3.81. The fraction of sp³-hybridized carbons (Fsp3) is 0.533. The van der Waals surface area contributed by atoms with Crippen LogP contribution in [0, 0.1) is 11.7 Å². The minimum Gasteiger partial charge on any atom is -0.484 e. The molecule has 1 aromatic rings. The minimum atomic E-state index is -0.560. The molecule has 0 aliphatic heterocycles. The average Bonchev–Trinajstić information content (AvgIpc) is 2.49. The summed E-state index contributed by atoms with van der Waals surface area (Å²) in [6.45, 7) is 0.587. The number of ether oxygens (including phenoxy) is 1. The first kappa shape index (κ1) is 16.0. The van der Waals surface area contributed by atoms with E-state index in [1.807, 2.05) is 0 Å². The molecule has 0 spiro atoms. The zero-order chi connectivity index (χ0) is 15.2. The van der Waals surface area contributed by atoms with Gasteiger partial charge in [0, 0.05) is 12.1 Å². The number of carbonyl (C=O) groups is 1. The van der Waals surface area contributed by atoms with Crippen LogP contribution in [-0.2, 0) is 4.79 Å². The molecular weight excluding hydrogens is 295 g/mol. The van der Waals surface area contributed by atoms with E-state index in [4.69, 9.17) is 22.1 Å². The molecule has 0 aromatic heterocycles. The van der Waals surface area contributed by atoms with Gasteiger partial charge in [-0.25, -0.2) is 4.39 Å². The maximum atomic E-state index is 13.2. The fourth-order valence-corrected chi connectivity index (χ4v) is 2.64. The molecule has 116 valence electrons.